The van der Waals surface area contributed by atoms with Crippen molar-refractivity contribution in [1.29, 1.82) is 0 Å². The van der Waals surface area contributed by atoms with Crippen molar-refractivity contribution in [3.05, 3.63) is 54.1 Å². The summed E-state index contributed by atoms with van der Waals surface area (Å²) in [7, 11) is 3.35. The minimum atomic E-state index is -4.36. The highest BCUT2D eigenvalue weighted by Gasteiger charge is 2.28. The van der Waals surface area contributed by atoms with Gasteiger partial charge in [0, 0.05) is 32.7 Å². The normalized spacial score (nSPS) is 16.3. The molecule has 6 nitrogen and oxygen atoms in total. The molecule has 0 radical (unpaired) electrons. The molecule has 0 bridgehead atoms. The number of halogens is 4. The number of anilines is 1. The highest BCUT2D eigenvalue weighted by Crippen LogP contribution is 2.30. The number of aliphatic imine (C=N–C) groups is 1. The van der Waals surface area contributed by atoms with Crippen molar-refractivity contribution < 1.29 is 22.6 Å². The molecular formula is C22H28F3IN4O2. The second-order valence-electron chi connectivity index (χ2n) is 7.22. The van der Waals surface area contributed by atoms with Crippen LogP contribution in [-0.4, -0.2) is 52.0 Å². The van der Waals surface area contributed by atoms with Gasteiger partial charge in [-0.05, 0) is 36.2 Å². The molecule has 2 aromatic rings. The van der Waals surface area contributed by atoms with E-state index in [9.17, 15) is 13.2 Å². The molecule has 10 heteroatoms. The largest absolute Gasteiger partial charge is 0.495 e. The standard InChI is InChI=1S/C22H27F3N4O2.HI/c1-26-21(27-13-16-6-5-7-18(12-16)31-15-22(23,24)25)28-17-10-11-29(14-17)19-8-3-4-9-20(19)30-2;/h3-9,12,17H,10-11,13-15H2,1-2H3,(H2,26,27,28);1H. The van der Waals surface area contributed by atoms with E-state index in [1.807, 2.05) is 30.3 Å². The fourth-order valence-corrected chi connectivity index (χ4v) is 3.47. The van der Waals surface area contributed by atoms with Gasteiger partial charge in [0.25, 0.3) is 0 Å². The number of nitrogens with one attached hydrogen (secondary N) is 2. The third-order valence-corrected chi connectivity index (χ3v) is 4.94. The van der Waals surface area contributed by atoms with E-state index in [2.05, 4.69) is 20.5 Å². The molecule has 1 unspecified atom stereocenters. The van der Waals surface area contributed by atoms with Crippen LogP contribution < -0.4 is 25.0 Å². The summed E-state index contributed by atoms with van der Waals surface area (Å²) in [5, 5.41) is 6.62. The number of nitrogens with zero attached hydrogens (tertiary/aromatic N) is 2. The molecule has 1 aliphatic heterocycles. The predicted molar refractivity (Wildman–Crippen MR) is 130 cm³/mol. The van der Waals surface area contributed by atoms with E-state index < -0.39 is 12.8 Å². The third-order valence-electron chi connectivity index (χ3n) is 4.94. The molecule has 3 rings (SSSR count). The zero-order chi connectivity index (χ0) is 22.3. The first kappa shape index (κ1) is 25.9. The van der Waals surface area contributed by atoms with E-state index in [0.29, 0.717) is 12.5 Å². The molecule has 0 saturated carbocycles. The molecular weight excluding hydrogens is 536 g/mol. The van der Waals surface area contributed by atoms with Crippen LogP contribution in [0.25, 0.3) is 0 Å². The number of methoxy groups -OCH3 is 1. The molecule has 0 amide bonds. The Hall–Kier alpha value is -2.37. The van der Waals surface area contributed by atoms with Gasteiger partial charge in [-0.25, -0.2) is 0 Å². The summed E-state index contributed by atoms with van der Waals surface area (Å²) in [6.07, 6.45) is -3.42. The molecule has 0 spiro atoms. The molecule has 1 heterocycles. The minimum Gasteiger partial charge on any atom is -0.495 e. The van der Waals surface area contributed by atoms with E-state index in [0.717, 1.165) is 36.5 Å². The molecule has 1 atom stereocenters. The minimum absolute atomic E-state index is 0. The summed E-state index contributed by atoms with van der Waals surface area (Å²) in [5.41, 5.74) is 1.86. The summed E-state index contributed by atoms with van der Waals surface area (Å²) in [5.74, 6) is 1.66. The van der Waals surface area contributed by atoms with Gasteiger partial charge in [-0.15, -0.1) is 24.0 Å². The number of rotatable bonds is 7. The summed E-state index contributed by atoms with van der Waals surface area (Å²) in [6.45, 7) is 0.804. The van der Waals surface area contributed by atoms with Gasteiger partial charge >= 0.3 is 6.18 Å². The fraction of sp³-hybridized carbons (Fsp3) is 0.409. The predicted octanol–water partition coefficient (Wildman–Crippen LogP) is 4.20. The molecule has 2 N–H and O–H groups in total. The average molecular weight is 564 g/mol. The molecule has 1 saturated heterocycles. The lowest BCUT2D eigenvalue weighted by Gasteiger charge is -2.22. The lowest BCUT2D eigenvalue weighted by atomic mass is 10.2. The van der Waals surface area contributed by atoms with E-state index in [4.69, 9.17) is 9.47 Å². The van der Waals surface area contributed by atoms with Crippen LogP contribution in [0.4, 0.5) is 18.9 Å². The molecule has 0 aromatic heterocycles. The topological polar surface area (TPSA) is 58.1 Å². The second kappa shape index (κ2) is 12.0. The van der Waals surface area contributed by atoms with Crippen LogP contribution in [0.3, 0.4) is 0 Å². The van der Waals surface area contributed by atoms with Gasteiger partial charge in [0.05, 0.1) is 12.8 Å². The van der Waals surface area contributed by atoms with Gasteiger partial charge in [-0.2, -0.15) is 13.2 Å². The van der Waals surface area contributed by atoms with Gasteiger partial charge in [0.2, 0.25) is 0 Å². The van der Waals surface area contributed by atoms with Crippen LogP contribution in [-0.2, 0) is 6.54 Å². The number of ether oxygens (including phenoxy) is 2. The Labute approximate surface area is 203 Å². The number of para-hydroxylation sites is 2. The van der Waals surface area contributed by atoms with Crippen molar-refractivity contribution in [2.24, 2.45) is 4.99 Å². The van der Waals surface area contributed by atoms with Crippen molar-refractivity contribution in [2.75, 3.05) is 38.8 Å². The van der Waals surface area contributed by atoms with E-state index in [-0.39, 0.29) is 35.8 Å². The highest BCUT2D eigenvalue weighted by molar-refractivity contribution is 14.0. The highest BCUT2D eigenvalue weighted by atomic mass is 127. The third kappa shape index (κ3) is 7.64. The van der Waals surface area contributed by atoms with Gasteiger partial charge < -0.3 is 25.0 Å². The van der Waals surface area contributed by atoms with Crippen molar-refractivity contribution >= 4 is 35.6 Å². The lowest BCUT2D eigenvalue weighted by Crippen LogP contribution is -2.44. The Morgan fingerprint density at radius 3 is 2.69 bits per heavy atom. The van der Waals surface area contributed by atoms with Gasteiger partial charge in [-0.1, -0.05) is 24.3 Å². The van der Waals surface area contributed by atoms with Crippen LogP contribution >= 0.6 is 24.0 Å². The lowest BCUT2D eigenvalue weighted by molar-refractivity contribution is -0.153. The average Bonchev–Trinajstić information content (AvgIpc) is 3.23. The SMILES string of the molecule is CN=C(NCc1cccc(OCC(F)(F)F)c1)NC1CCN(c2ccccc2OC)C1.I. The maximum absolute atomic E-state index is 12.3. The first-order valence-electron chi connectivity index (χ1n) is 10.0. The van der Waals surface area contributed by atoms with Crippen molar-refractivity contribution in [2.45, 2.75) is 25.2 Å². The monoisotopic (exact) mass is 564 g/mol. The Balaban J connectivity index is 0.00000363. The molecule has 32 heavy (non-hydrogen) atoms. The van der Waals surface area contributed by atoms with E-state index in [1.54, 1.807) is 26.3 Å². The van der Waals surface area contributed by atoms with Crippen molar-refractivity contribution in [3.8, 4) is 11.5 Å². The quantitative estimate of drug-likeness (QED) is 0.300. The summed E-state index contributed by atoms with van der Waals surface area (Å²) >= 11 is 0. The molecule has 1 fully saturated rings. The number of benzene rings is 2. The van der Waals surface area contributed by atoms with Crippen LogP contribution in [0, 0.1) is 0 Å². The van der Waals surface area contributed by atoms with Gasteiger partial charge in [0.1, 0.15) is 11.5 Å². The fourth-order valence-electron chi connectivity index (χ4n) is 3.47. The molecule has 176 valence electrons. The maximum atomic E-state index is 12.3. The zero-order valence-electron chi connectivity index (χ0n) is 18.0. The Morgan fingerprint density at radius 2 is 1.97 bits per heavy atom. The molecule has 0 aliphatic carbocycles. The second-order valence-corrected chi connectivity index (χ2v) is 7.22. The number of alkyl halides is 3. The summed E-state index contributed by atoms with van der Waals surface area (Å²) < 4.78 is 47.3. The first-order valence-corrected chi connectivity index (χ1v) is 10.0. The molecule has 2 aromatic carbocycles. The van der Waals surface area contributed by atoms with Crippen LogP contribution in [0.5, 0.6) is 11.5 Å². The van der Waals surface area contributed by atoms with Crippen LogP contribution in [0.2, 0.25) is 0 Å². The summed E-state index contributed by atoms with van der Waals surface area (Å²) in [6, 6.07) is 14.7. The Morgan fingerprint density at radius 1 is 1.19 bits per heavy atom. The number of hydrogen-bond acceptors (Lipinski definition) is 4. The Kier molecular flexibility index (Phi) is 9.73. The number of hydrogen-bond donors (Lipinski definition) is 2. The van der Waals surface area contributed by atoms with Crippen LogP contribution in [0.15, 0.2) is 53.5 Å². The molecule has 1 aliphatic rings. The van der Waals surface area contributed by atoms with Gasteiger partial charge in [-0.3, -0.25) is 4.99 Å². The Bertz CT molecular complexity index is 895. The van der Waals surface area contributed by atoms with Crippen molar-refractivity contribution in [1.82, 2.24) is 10.6 Å². The van der Waals surface area contributed by atoms with Crippen molar-refractivity contribution in [3.63, 3.8) is 0 Å². The summed E-state index contributed by atoms with van der Waals surface area (Å²) in [4.78, 5) is 6.53. The van der Waals surface area contributed by atoms with E-state index >= 15 is 0 Å². The number of guanidine groups is 1. The smallest absolute Gasteiger partial charge is 0.422 e. The first-order chi connectivity index (χ1) is 14.9. The van der Waals surface area contributed by atoms with Gasteiger partial charge in [0.15, 0.2) is 12.6 Å². The van der Waals surface area contributed by atoms with Crippen LogP contribution in [0.1, 0.15) is 12.0 Å². The zero-order valence-corrected chi connectivity index (χ0v) is 20.3. The van der Waals surface area contributed by atoms with E-state index in [1.165, 1.54) is 6.07 Å². The maximum Gasteiger partial charge on any atom is 0.422 e.